The SMILES string of the molecule is CCOC(=O)CC(O)C(O)c1ccc(F)c(C)c1Cl. The van der Waals surface area contributed by atoms with Crippen molar-refractivity contribution in [1.29, 1.82) is 0 Å². The van der Waals surface area contributed by atoms with Crippen LogP contribution in [0.2, 0.25) is 5.02 Å². The van der Waals surface area contributed by atoms with Crippen LogP contribution in [0.25, 0.3) is 0 Å². The molecule has 2 N–H and O–H groups in total. The Morgan fingerprint density at radius 1 is 1.47 bits per heavy atom. The van der Waals surface area contributed by atoms with E-state index in [-0.39, 0.29) is 29.2 Å². The highest BCUT2D eigenvalue weighted by atomic mass is 35.5. The Morgan fingerprint density at radius 2 is 2.11 bits per heavy atom. The van der Waals surface area contributed by atoms with E-state index in [0.29, 0.717) is 0 Å². The molecule has 0 amide bonds. The predicted octanol–water partition coefficient (Wildman–Crippen LogP) is 2.14. The maximum atomic E-state index is 13.2. The van der Waals surface area contributed by atoms with E-state index >= 15 is 0 Å². The molecule has 0 fully saturated rings. The van der Waals surface area contributed by atoms with Crippen molar-refractivity contribution in [2.45, 2.75) is 32.5 Å². The first-order valence-electron chi connectivity index (χ1n) is 5.84. The molecule has 0 saturated carbocycles. The van der Waals surface area contributed by atoms with E-state index in [1.54, 1.807) is 6.92 Å². The van der Waals surface area contributed by atoms with Gasteiger partial charge in [-0.3, -0.25) is 4.79 Å². The van der Waals surface area contributed by atoms with Gasteiger partial charge in [-0.1, -0.05) is 17.7 Å². The summed E-state index contributed by atoms with van der Waals surface area (Å²) in [5, 5.41) is 19.7. The number of hydrogen-bond acceptors (Lipinski definition) is 4. The van der Waals surface area contributed by atoms with Crippen LogP contribution >= 0.6 is 11.6 Å². The van der Waals surface area contributed by atoms with E-state index in [0.717, 1.165) is 6.07 Å². The van der Waals surface area contributed by atoms with Crippen molar-refractivity contribution in [2.24, 2.45) is 0 Å². The van der Waals surface area contributed by atoms with E-state index in [4.69, 9.17) is 11.6 Å². The van der Waals surface area contributed by atoms with Crippen LogP contribution in [0.5, 0.6) is 0 Å². The lowest BCUT2D eigenvalue weighted by atomic mass is 10.00. The fourth-order valence-corrected chi connectivity index (χ4v) is 1.89. The molecule has 0 aliphatic carbocycles. The van der Waals surface area contributed by atoms with Gasteiger partial charge < -0.3 is 14.9 Å². The number of halogens is 2. The van der Waals surface area contributed by atoms with Gasteiger partial charge in [-0.25, -0.2) is 4.39 Å². The number of benzene rings is 1. The predicted molar refractivity (Wildman–Crippen MR) is 68.4 cm³/mol. The third-order valence-corrected chi connectivity index (χ3v) is 3.22. The van der Waals surface area contributed by atoms with Crippen molar-refractivity contribution in [3.05, 3.63) is 34.1 Å². The lowest BCUT2D eigenvalue weighted by Crippen LogP contribution is -2.23. The monoisotopic (exact) mass is 290 g/mol. The van der Waals surface area contributed by atoms with Crippen LogP contribution in [0, 0.1) is 12.7 Å². The molecule has 4 nitrogen and oxygen atoms in total. The van der Waals surface area contributed by atoms with Crippen molar-refractivity contribution in [3.8, 4) is 0 Å². The summed E-state index contributed by atoms with van der Waals surface area (Å²) in [6, 6.07) is 2.43. The second-order valence-corrected chi connectivity index (χ2v) is 4.47. The van der Waals surface area contributed by atoms with Gasteiger partial charge in [0.05, 0.1) is 24.2 Å². The highest BCUT2D eigenvalue weighted by Gasteiger charge is 2.25. The van der Waals surface area contributed by atoms with E-state index in [2.05, 4.69) is 4.74 Å². The Balaban J connectivity index is 2.85. The van der Waals surface area contributed by atoms with E-state index in [1.165, 1.54) is 13.0 Å². The molecule has 2 unspecified atom stereocenters. The van der Waals surface area contributed by atoms with Gasteiger partial charge in [-0.15, -0.1) is 0 Å². The summed E-state index contributed by atoms with van der Waals surface area (Å²) in [6.07, 6.45) is -3.10. The molecule has 6 heteroatoms. The van der Waals surface area contributed by atoms with Crippen LogP contribution in [0.1, 0.15) is 30.6 Å². The molecular formula is C13H16ClFO4. The average Bonchev–Trinajstić information content (AvgIpc) is 2.35. The lowest BCUT2D eigenvalue weighted by Gasteiger charge is -2.19. The van der Waals surface area contributed by atoms with Crippen LogP contribution in [0.3, 0.4) is 0 Å². The van der Waals surface area contributed by atoms with Crippen molar-refractivity contribution >= 4 is 17.6 Å². The van der Waals surface area contributed by atoms with Crippen molar-refractivity contribution in [3.63, 3.8) is 0 Å². The minimum Gasteiger partial charge on any atom is -0.466 e. The van der Waals surface area contributed by atoms with Gasteiger partial charge in [0.2, 0.25) is 0 Å². The number of rotatable bonds is 5. The number of aliphatic hydroxyl groups is 2. The Labute approximate surface area is 115 Å². The van der Waals surface area contributed by atoms with Crippen molar-refractivity contribution < 1.29 is 24.1 Å². The van der Waals surface area contributed by atoms with Crippen LogP contribution in [-0.2, 0) is 9.53 Å². The molecule has 106 valence electrons. The summed E-state index contributed by atoms with van der Waals surface area (Å²) in [4.78, 5) is 11.2. The first-order chi connectivity index (χ1) is 8.88. The minimum absolute atomic E-state index is 0.0374. The number of hydrogen-bond donors (Lipinski definition) is 2. The van der Waals surface area contributed by atoms with Gasteiger partial charge in [0.1, 0.15) is 11.9 Å². The van der Waals surface area contributed by atoms with Crippen LogP contribution < -0.4 is 0 Å². The summed E-state index contributed by atoms with van der Waals surface area (Å²) >= 11 is 5.91. The molecule has 0 radical (unpaired) electrons. The third kappa shape index (κ3) is 3.89. The maximum absolute atomic E-state index is 13.2. The summed E-state index contributed by atoms with van der Waals surface area (Å²) in [5.41, 5.74) is 0.360. The molecule has 1 aromatic rings. The molecule has 19 heavy (non-hydrogen) atoms. The lowest BCUT2D eigenvalue weighted by molar-refractivity contribution is -0.147. The summed E-state index contributed by atoms with van der Waals surface area (Å²) in [6.45, 7) is 3.30. The Bertz CT molecular complexity index is 464. The average molecular weight is 291 g/mol. The molecular weight excluding hydrogens is 275 g/mol. The van der Waals surface area contributed by atoms with E-state index in [1.807, 2.05) is 0 Å². The minimum atomic E-state index is -1.38. The van der Waals surface area contributed by atoms with Gasteiger partial charge >= 0.3 is 5.97 Å². The van der Waals surface area contributed by atoms with Crippen molar-refractivity contribution in [2.75, 3.05) is 6.61 Å². The topological polar surface area (TPSA) is 66.8 Å². The Kier molecular flexibility index (Phi) is 5.72. The molecule has 0 saturated heterocycles. The molecule has 0 aliphatic rings. The van der Waals surface area contributed by atoms with Gasteiger partial charge in [-0.05, 0) is 19.9 Å². The standard InChI is InChI=1S/C13H16ClFO4/c1-3-19-11(17)6-10(16)13(18)8-4-5-9(15)7(2)12(8)14/h4-5,10,13,16,18H,3,6H2,1-2H3. The number of esters is 1. The summed E-state index contributed by atoms with van der Waals surface area (Å²) in [7, 11) is 0. The zero-order valence-corrected chi connectivity index (χ0v) is 11.4. The molecule has 0 spiro atoms. The largest absolute Gasteiger partial charge is 0.466 e. The Morgan fingerprint density at radius 3 is 2.68 bits per heavy atom. The fourth-order valence-electron chi connectivity index (χ4n) is 1.62. The maximum Gasteiger partial charge on any atom is 0.308 e. The second kappa shape index (κ2) is 6.84. The smallest absolute Gasteiger partial charge is 0.308 e. The molecule has 1 rings (SSSR count). The molecule has 0 aromatic heterocycles. The highest BCUT2D eigenvalue weighted by Crippen LogP contribution is 2.30. The molecule has 1 aromatic carbocycles. The Hall–Kier alpha value is -1.17. The van der Waals surface area contributed by atoms with Crippen molar-refractivity contribution in [1.82, 2.24) is 0 Å². The van der Waals surface area contributed by atoms with Crippen LogP contribution in [0.4, 0.5) is 4.39 Å². The molecule has 0 bridgehead atoms. The first-order valence-corrected chi connectivity index (χ1v) is 6.22. The van der Waals surface area contributed by atoms with Crippen LogP contribution in [-0.4, -0.2) is 28.9 Å². The first kappa shape index (κ1) is 15.9. The number of aliphatic hydroxyl groups excluding tert-OH is 2. The van der Waals surface area contributed by atoms with E-state index < -0.39 is 24.0 Å². The fraction of sp³-hybridized carbons (Fsp3) is 0.462. The molecule has 0 aliphatic heterocycles. The van der Waals surface area contributed by atoms with Gasteiger partial charge in [0.25, 0.3) is 0 Å². The third-order valence-electron chi connectivity index (χ3n) is 2.71. The van der Waals surface area contributed by atoms with Gasteiger partial charge in [-0.2, -0.15) is 0 Å². The zero-order valence-electron chi connectivity index (χ0n) is 10.7. The summed E-state index contributed by atoms with van der Waals surface area (Å²) in [5.74, 6) is -1.12. The number of carbonyl (C=O) groups excluding carboxylic acids is 1. The zero-order chi connectivity index (χ0) is 14.6. The normalized spacial score (nSPS) is 14.0. The molecule has 0 heterocycles. The van der Waals surface area contributed by atoms with E-state index in [9.17, 15) is 19.4 Å². The number of ether oxygens (including phenoxy) is 1. The van der Waals surface area contributed by atoms with Gasteiger partial charge in [0.15, 0.2) is 0 Å². The quantitative estimate of drug-likeness (QED) is 0.815. The van der Waals surface area contributed by atoms with Crippen LogP contribution in [0.15, 0.2) is 12.1 Å². The second-order valence-electron chi connectivity index (χ2n) is 4.10. The highest BCUT2D eigenvalue weighted by molar-refractivity contribution is 6.32. The van der Waals surface area contributed by atoms with Gasteiger partial charge in [0, 0.05) is 11.1 Å². The molecule has 2 atom stereocenters. The number of carbonyl (C=O) groups is 1. The summed E-state index contributed by atoms with van der Waals surface area (Å²) < 4.78 is 17.9.